The van der Waals surface area contributed by atoms with Crippen molar-refractivity contribution in [2.75, 3.05) is 0 Å². The lowest BCUT2D eigenvalue weighted by molar-refractivity contribution is 0.0277. The van der Waals surface area contributed by atoms with Gasteiger partial charge in [0.2, 0.25) is 0 Å². The van der Waals surface area contributed by atoms with E-state index in [1.807, 2.05) is 43.3 Å². The highest BCUT2D eigenvalue weighted by molar-refractivity contribution is 5.89. The van der Waals surface area contributed by atoms with Gasteiger partial charge in [-0.05, 0) is 31.0 Å². The molecule has 2 aromatic carbocycles. The highest BCUT2D eigenvalue weighted by Gasteiger charge is 2.21. The summed E-state index contributed by atoms with van der Waals surface area (Å²) in [6.45, 7) is 4.08. The van der Waals surface area contributed by atoms with E-state index in [4.69, 9.17) is 4.74 Å². The van der Waals surface area contributed by atoms with Gasteiger partial charge >= 0.3 is 5.97 Å². The van der Waals surface area contributed by atoms with Gasteiger partial charge in [-0.25, -0.2) is 4.79 Å². The van der Waals surface area contributed by atoms with E-state index < -0.39 is 0 Å². The molecule has 0 saturated carbocycles. The third-order valence-corrected chi connectivity index (χ3v) is 3.54. The van der Waals surface area contributed by atoms with Gasteiger partial charge in [0.1, 0.15) is 6.10 Å². The Labute approximate surface area is 120 Å². The quantitative estimate of drug-likeness (QED) is 0.750. The van der Waals surface area contributed by atoms with Crippen molar-refractivity contribution in [1.82, 2.24) is 0 Å². The Kier molecular flexibility index (Phi) is 4.94. The fourth-order valence-corrected chi connectivity index (χ4v) is 2.43. The van der Waals surface area contributed by atoms with Crippen LogP contribution in [0.15, 0.2) is 60.7 Å². The summed E-state index contributed by atoms with van der Waals surface area (Å²) in [6, 6.07) is 19.3. The number of rotatable bonds is 5. The molecule has 0 amide bonds. The average molecular weight is 268 g/mol. The smallest absolute Gasteiger partial charge is 0.338 e. The number of benzene rings is 2. The van der Waals surface area contributed by atoms with Crippen LogP contribution in [0.2, 0.25) is 0 Å². The number of esters is 1. The summed E-state index contributed by atoms with van der Waals surface area (Å²) in [5.74, 6) is -0.0312. The van der Waals surface area contributed by atoms with Crippen LogP contribution < -0.4 is 0 Å². The molecular weight excluding hydrogens is 248 g/mol. The third-order valence-electron chi connectivity index (χ3n) is 3.54. The minimum atomic E-state index is -0.257. The summed E-state index contributed by atoms with van der Waals surface area (Å²) in [5, 5.41) is 0. The molecule has 0 N–H and O–H groups in total. The number of hydrogen-bond acceptors (Lipinski definition) is 2. The maximum Gasteiger partial charge on any atom is 0.338 e. The van der Waals surface area contributed by atoms with E-state index in [0.29, 0.717) is 5.56 Å². The summed E-state index contributed by atoms with van der Waals surface area (Å²) >= 11 is 0. The van der Waals surface area contributed by atoms with Gasteiger partial charge in [0.05, 0.1) is 5.56 Å². The van der Waals surface area contributed by atoms with Gasteiger partial charge in [0.25, 0.3) is 0 Å². The lowest BCUT2D eigenvalue weighted by atomic mass is 9.92. The van der Waals surface area contributed by atoms with Crippen molar-refractivity contribution in [1.29, 1.82) is 0 Å². The number of carbonyl (C=O) groups is 1. The first kappa shape index (κ1) is 14.3. The van der Waals surface area contributed by atoms with Crippen molar-refractivity contribution in [3.05, 3.63) is 71.8 Å². The van der Waals surface area contributed by atoms with Gasteiger partial charge in [-0.3, -0.25) is 0 Å². The Morgan fingerprint density at radius 1 is 1.00 bits per heavy atom. The van der Waals surface area contributed by atoms with Crippen LogP contribution in [0.3, 0.4) is 0 Å². The highest BCUT2D eigenvalue weighted by Crippen LogP contribution is 2.25. The molecule has 2 rings (SSSR count). The Morgan fingerprint density at radius 2 is 1.55 bits per heavy atom. The van der Waals surface area contributed by atoms with E-state index in [1.54, 1.807) is 12.1 Å². The Balaban J connectivity index is 2.07. The summed E-state index contributed by atoms with van der Waals surface area (Å²) in [7, 11) is 0. The molecule has 20 heavy (non-hydrogen) atoms. The first-order valence-electron chi connectivity index (χ1n) is 7.03. The van der Waals surface area contributed by atoms with Crippen LogP contribution in [-0.2, 0) is 4.74 Å². The normalized spacial score (nSPS) is 13.5. The van der Waals surface area contributed by atoms with Crippen molar-refractivity contribution in [3.8, 4) is 0 Å². The van der Waals surface area contributed by atoms with Crippen LogP contribution in [-0.4, -0.2) is 12.1 Å². The molecule has 0 aliphatic heterocycles. The summed E-state index contributed by atoms with van der Waals surface area (Å²) in [5.41, 5.74) is 1.81. The molecule has 0 aliphatic carbocycles. The van der Waals surface area contributed by atoms with Gasteiger partial charge in [-0.2, -0.15) is 0 Å². The average Bonchev–Trinajstić information content (AvgIpc) is 2.50. The molecule has 104 valence electrons. The monoisotopic (exact) mass is 268 g/mol. The molecule has 0 fully saturated rings. The minimum absolute atomic E-state index is 0.143. The van der Waals surface area contributed by atoms with E-state index in [2.05, 4.69) is 19.1 Å². The third kappa shape index (κ3) is 3.47. The van der Waals surface area contributed by atoms with Crippen LogP contribution in [0.1, 0.15) is 42.1 Å². The topological polar surface area (TPSA) is 26.3 Å². The summed E-state index contributed by atoms with van der Waals surface area (Å²) in [4.78, 5) is 12.1. The molecule has 2 heteroatoms. The maximum atomic E-state index is 12.1. The lowest BCUT2D eigenvalue weighted by Gasteiger charge is -2.23. The zero-order valence-corrected chi connectivity index (χ0v) is 12.0. The molecule has 0 spiro atoms. The van der Waals surface area contributed by atoms with Crippen LogP contribution in [0.25, 0.3) is 0 Å². The fourth-order valence-electron chi connectivity index (χ4n) is 2.43. The standard InChI is InChI=1S/C18H20O2/c1-3-17(15-10-6-4-7-11-15)14(2)20-18(19)16-12-8-5-9-13-16/h4-14,17H,3H2,1-2H3. The van der Waals surface area contributed by atoms with Crippen LogP contribution in [0.4, 0.5) is 0 Å². The molecular formula is C18H20O2. The SMILES string of the molecule is CCC(c1ccccc1)C(C)OC(=O)c1ccccc1. The highest BCUT2D eigenvalue weighted by atomic mass is 16.5. The van der Waals surface area contributed by atoms with E-state index in [1.165, 1.54) is 5.56 Å². The van der Waals surface area contributed by atoms with Gasteiger partial charge in [0.15, 0.2) is 0 Å². The molecule has 0 bridgehead atoms. The number of ether oxygens (including phenoxy) is 1. The molecule has 0 radical (unpaired) electrons. The first-order valence-corrected chi connectivity index (χ1v) is 7.03. The predicted molar refractivity (Wildman–Crippen MR) is 80.8 cm³/mol. The molecule has 2 aromatic rings. The first-order chi connectivity index (χ1) is 9.72. The molecule has 0 saturated heterocycles. The molecule has 0 aliphatic rings. The number of carbonyl (C=O) groups excluding carboxylic acids is 1. The molecule has 2 atom stereocenters. The predicted octanol–water partition coefficient (Wildman–Crippen LogP) is 4.43. The lowest BCUT2D eigenvalue weighted by Crippen LogP contribution is -2.22. The summed E-state index contributed by atoms with van der Waals surface area (Å²) < 4.78 is 5.60. The fraction of sp³-hybridized carbons (Fsp3) is 0.278. The second kappa shape index (κ2) is 6.90. The minimum Gasteiger partial charge on any atom is -0.458 e. The Morgan fingerprint density at radius 3 is 2.10 bits per heavy atom. The van der Waals surface area contributed by atoms with Crippen molar-refractivity contribution >= 4 is 5.97 Å². The molecule has 0 heterocycles. The van der Waals surface area contributed by atoms with E-state index in [0.717, 1.165) is 6.42 Å². The van der Waals surface area contributed by atoms with Crippen LogP contribution >= 0.6 is 0 Å². The van der Waals surface area contributed by atoms with Crippen molar-refractivity contribution in [3.63, 3.8) is 0 Å². The Hall–Kier alpha value is -2.09. The second-order valence-corrected chi connectivity index (χ2v) is 4.90. The molecule has 0 aromatic heterocycles. The largest absolute Gasteiger partial charge is 0.458 e. The van der Waals surface area contributed by atoms with Crippen LogP contribution in [0.5, 0.6) is 0 Å². The maximum absolute atomic E-state index is 12.1. The van der Waals surface area contributed by atoms with Gasteiger partial charge in [-0.1, -0.05) is 55.5 Å². The van der Waals surface area contributed by atoms with E-state index >= 15 is 0 Å². The van der Waals surface area contributed by atoms with Gasteiger partial charge < -0.3 is 4.74 Å². The van der Waals surface area contributed by atoms with Crippen molar-refractivity contribution in [2.45, 2.75) is 32.3 Å². The van der Waals surface area contributed by atoms with Crippen molar-refractivity contribution < 1.29 is 9.53 Å². The van der Waals surface area contributed by atoms with Gasteiger partial charge in [-0.15, -0.1) is 0 Å². The van der Waals surface area contributed by atoms with E-state index in [-0.39, 0.29) is 18.0 Å². The number of hydrogen-bond donors (Lipinski definition) is 0. The van der Waals surface area contributed by atoms with Crippen molar-refractivity contribution in [2.24, 2.45) is 0 Å². The van der Waals surface area contributed by atoms with Gasteiger partial charge in [0, 0.05) is 5.92 Å². The second-order valence-electron chi connectivity index (χ2n) is 4.90. The van der Waals surface area contributed by atoms with E-state index in [9.17, 15) is 4.79 Å². The Bertz CT molecular complexity index is 534. The summed E-state index contributed by atoms with van der Waals surface area (Å²) in [6.07, 6.45) is 0.794. The molecule has 2 unspecified atom stereocenters. The zero-order chi connectivity index (χ0) is 14.4. The van der Waals surface area contributed by atoms with Crippen LogP contribution in [0, 0.1) is 0 Å². The zero-order valence-electron chi connectivity index (χ0n) is 12.0. The molecule has 2 nitrogen and oxygen atoms in total.